The van der Waals surface area contributed by atoms with E-state index in [9.17, 15) is 4.39 Å². The van der Waals surface area contributed by atoms with Crippen LogP contribution in [-0.4, -0.2) is 29.7 Å². The zero-order valence-electron chi connectivity index (χ0n) is 14.7. The number of rotatable bonds is 2. The van der Waals surface area contributed by atoms with Gasteiger partial charge in [0.1, 0.15) is 17.0 Å². The summed E-state index contributed by atoms with van der Waals surface area (Å²) < 4.78 is 50.7. The number of ether oxygens (including phenoxy) is 1. The lowest BCUT2D eigenvalue weighted by atomic mass is 9.77. The third-order valence-corrected chi connectivity index (χ3v) is 5.18. The van der Waals surface area contributed by atoms with Crippen LogP contribution in [0.25, 0.3) is 11.1 Å². The number of hydrogen-bond acceptors (Lipinski definition) is 3. The third-order valence-electron chi connectivity index (χ3n) is 4.97. The van der Waals surface area contributed by atoms with Crippen molar-refractivity contribution < 1.29 is 17.9 Å². The van der Waals surface area contributed by atoms with Crippen molar-refractivity contribution in [3.8, 4) is 11.1 Å². The molecule has 1 aromatic carbocycles. The fourth-order valence-electron chi connectivity index (χ4n) is 3.33. The zero-order chi connectivity index (χ0) is 19.2. The lowest BCUT2D eigenvalue weighted by Gasteiger charge is -2.44. The van der Waals surface area contributed by atoms with Crippen LogP contribution < -0.4 is 5.32 Å². The van der Waals surface area contributed by atoms with E-state index in [1.54, 1.807) is 12.3 Å². The smallest absolute Gasteiger partial charge is 0.297 e. The summed E-state index contributed by atoms with van der Waals surface area (Å²) in [6, 6.07) is 5.78. The number of nitrogens with one attached hydrogen (secondary N) is 1. The molecular formula is C19H20ClF3N2O. The van der Waals surface area contributed by atoms with Gasteiger partial charge in [-0.05, 0) is 44.5 Å². The number of nitrogens with zero attached hydrogens (tertiary/aromatic N) is 1. The third kappa shape index (κ3) is 3.00. The topological polar surface area (TPSA) is 34.1 Å². The molecule has 1 fully saturated rings. The Labute approximate surface area is 155 Å². The summed E-state index contributed by atoms with van der Waals surface area (Å²) in [4.78, 5) is 4.00. The van der Waals surface area contributed by atoms with Crippen LogP contribution >= 0.6 is 11.6 Å². The Morgan fingerprint density at radius 3 is 2.54 bits per heavy atom. The predicted molar refractivity (Wildman–Crippen MR) is 95.0 cm³/mol. The van der Waals surface area contributed by atoms with E-state index in [2.05, 4.69) is 10.3 Å². The fourth-order valence-corrected chi connectivity index (χ4v) is 3.51. The Bertz CT molecular complexity index is 828. The average molecular weight is 385 g/mol. The molecule has 26 heavy (non-hydrogen) atoms. The van der Waals surface area contributed by atoms with Crippen LogP contribution in [0.5, 0.6) is 0 Å². The first kappa shape index (κ1) is 19.1. The first-order valence-corrected chi connectivity index (χ1v) is 8.64. The van der Waals surface area contributed by atoms with E-state index >= 15 is 8.78 Å². The van der Waals surface area contributed by atoms with Crippen molar-refractivity contribution in [2.24, 2.45) is 0 Å². The fraction of sp³-hybridized carbons (Fsp3) is 0.421. The Balaban J connectivity index is 2.17. The molecule has 7 heteroatoms. The summed E-state index contributed by atoms with van der Waals surface area (Å²) in [6.07, 6.45) is 3.02. The van der Waals surface area contributed by atoms with Gasteiger partial charge in [-0.1, -0.05) is 17.7 Å². The molecule has 0 radical (unpaired) electrons. The van der Waals surface area contributed by atoms with Crippen molar-refractivity contribution in [3.63, 3.8) is 0 Å². The second-order valence-corrected chi connectivity index (χ2v) is 7.51. The van der Waals surface area contributed by atoms with Gasteiger partial charge < -0.3 is 10.1 Å². The Hall–Kier alpha value is -1.63. The molecule has 1 atom stereocenters. The molecule has 3 rings (SSSR count). The Morgan fingerprint density at radius 1 is 1.12 bits per heavy atom. The molecule has 2 aromatic rings. The summed E-state index contributed by atoms with van der Waals surface area (Å²) in [5, 5.41) is 3.20. The quantitative estimate of drug-likeness (QED) is 0.808. The summed E-state index contributed by atoms with van der Waals surface area (Å²) in [6.45, 7) is 4.24. The minimum atomic E-state index is -3.37. The molecule has 0 unspecified atom stereocenters. The Morgan fingerprint density at radius 2 is 1.85 bits per heavy atom. The number of benzene rings is 1. The van der Waals surface area contributed by atoms with E-state index in [4.69, 9.17) is 16.3 Å². The molecular weight excluding hydrogens is 365 g/mol. The summed E-state index contributed by atoms with van der Waals surface area (Å²) in [5.74, 6) is -4.08. The van der Waals surface area contributed by atoms with E-state index in [0.717, 1.165) is 0 Å². The van der Waals surface area contributed by atoms with E-state index in [1.807, 2.05) is 0 Å². The highest BCUT2D eigenvalue weighted by Gasteiger charge is 2.63. The van der Waals surface area contributed by atoms with Gasteiger partial charge in [0.2, 0.25) is 0 Å². The van der Waals surface area contributed by atoms with E-state index in [1.165, 1.54) is 45.2 Å². The highest BCUT2D eigenvalue weighted by Crippen LogP contribution is 2.48. The maximum atomic E-state index is 15.4. The van der Waals surface area contributed by atoms with Gasteiger partial charge >= 0.3 is 0 Å². The Kier molecular flexibility index (Phi) is 4.80. The van der Waals surface area contributed by atoms with Gasteiger partial charge in [0.15, 0.2) is 0 Å². The van der Waals surface area contributed by atoms with Crippen molar-refractivity contribution in [3.05, 3.63) is 53.1 Å². The number of halogens is 4. The maximum absolute atomic E-state index is 15.4. The van der Waals surface area contributed by atoms with Gasteiger partial charge in [0.05, 0.1) is 11.6 Å². The first-order valence-electron chi connectivity index (χ1n) is 8.26. The number of hydrogen-bond donors (Lipinski definition) is 1. The van der Waals surface area contributed by atoms with E-state index < -0.39 is 22.9 Å². The molecule has 1 aromatic heterocycles. The molecule has 3 nitrogen and oxygen atoms in total. The van der Waals surface area contributed by atoms with Crippen molar-refractivity contribution in [2.75, 3.05) is 13.2 Å². The van der Waals surface area contributed by atoms with Crippen LogP contribution in [0.2, 0.25) is 5.02 Å². The van der Waals surface area contributed by atoms with Gasteiger partial charge in [0, 0.05) is 30.1 Å². The summed E-state index contributed by atoms with van der Waals surface area (Å²) in [7, 11) is 0. The van der Waals surface area contributed by atoms with Gasteiger partial charge in [-0.25, -0.2) is 13.2 Å². The number of pyridine rings is 1. The van der Waals surface area contributed by atoms with E-state index in [-0.39, 0.29) is 18.7 Å². The SMILES string of the molecule is CC1(C)OCCN[C@](C)(c2cc(-c3cncc(Cl)c3)ccc2F)C1(F)F. The van der Waals surface area contributed by atoms with Crippen LogP contribution in [0.4, 0.5) is 13.2 Å². The van der Waals surface area contributed by atoms with Gasteiger partial charge in [0.25, 0.3) is 5.92 Å². The van der Waals surface area contributed by atoms with Crippen LogP contribution in [0.3, 0.4) is 0 Å². The lowest BCUT2D eigenvalue weighted by molar-refractivity contribution is -0.216. The highest BCUT2D eigenvalue weighted by molar-refractivity contribution is 6.30. The number of alkyl halides is 2. The molecule has 0 spiro atoms. The zero-order valence-corrected chi connectivity index (χ0v) is 15.5. The van der Waals surface area contributed by atoms with Crippen LogP contribution in [0, 0.1) is 5.82 Å². The molecule has 1 aliphatic rings. The number of aromatic nitrogens is 1. The highest BCUT2D eigenvalue weighted by atomic mass is 35.5. The molecule has 0 amide bonds. The van der Waals surface area contributed by atoms with Gasteiger partial charge in [-0.2, -0.15) is 0 Å². The first-order chi connectivity index (χ1) is 12.1. The summed E-state index contributed by atoms with van der Waals surface area (Å²) >= 11 is 5.96. The minimum Gasteiger partial charge on any atom is -0.368 e. The van der Waals surface area contributed by atoms with Crippen LogP contribution in [0.1, 0.15) is 26.3 Å². The molecule has 140 valence electrons. The molecule has 0 aliphatic carbocycles. The van der Waals surface area contributed by atoms with Crippen molar-refractivity contribution in [2.45, 2.75) is 37.8 Å². The minimum absolute atomic E-state index is 0.109. The normalized spacial score (nSPS) is 24.9. The van der Waals surface area contributed by atoms with Crippen molar-refractivity contribution in [1.29, 1.82) is 0 Å². The van der Waals surface area contributed by atoms with Crippen LogP contribution in [-0.2, 0) is 10.3 Å². The molecule has 1 aliphatic heterocycles. The standard InChI is InChI=1S/C19H20ClF3N2O/c1-17(2)19(22,23)18(3,25-6-7-26-17)15-9-12(4-5-16(15)21)13-8-14(20)11-24-10-13/h4-5,8-11,25H,6-7H2,1-3H3/t18-/m1/s1. The van der Waals surface area contributed by atoms with Gasteiger partial charge in [-0.15, -0.1) is 0 Å². The molecule has 1 N–H and O–H groups in total. The van der Waals surface area contributed by atoms with Crippen LogP contribution in [0.15, 0.2) is 36.7 Å². The van der Waals surface area contributed by atoms with E-state index in [0.29, 0.717) is 16.1 Å². The monoisotopic (exact) mass is 384 g/mol. The van der Waals surface area contributed by atoms with Gasteiger partial charge in [-0.3, -0.25) is 4.98 Å². The van der Waals surface area contributed by atoms with Crippen molar-refractivity contribution >= 4 is 11.6 Å². The second kappa shape index (κ2) is 6.51. The molecule has 1 saturated heterocycles. The maximum Gasteiger partial charge on any atom is 0.297 e. The summed E-state index contributed by atoms with van der Waals surface area (Å²) in [5.41, 5.74) is -2.66. The molecule has 0 saturated carbocycles. The average Bonchev–Trinajstić information content (AvgIpc) is 2.65. The second-order valence-electron chi connectivity index (χ2n) is 7.07. The predicted octanol–water partition coefficient (Wildman–Crippen LogP) is 4.79. The molecule has 2 heterocycles. The lowest BCUT2D eigenvalue weighted by Crippen LogP contribution is -2.61. The van der Waals surface area contributed by atoms with Crippen molar-refractivity contribution in [1.82, 2.24) is 10.3 Å². The molecule has 0 bridgehead atoms. The largest absolute Gasteiger partial charge is 0.368 e.